The van der Waals surface area contributed by atoms with Gasteiger partial charge in [0.25, 0.3) is 11.8 Å². The zero-order valence-corrected chi connectivity index (χ0v) is 43.8. The second kappa shape index (κ2) is 21.9. The number of amides is 3. The third kappa shape index (κ3) is 10.7. The van der Waals surface area contributed by atoms with Crippen LogP contribution >= 0.6 is 0 Å². The molecule has 0 saturated carbocycles. The van der Waals surface area contributed by atoms with Crippen LogP contribution in [0.1, 0.15) is 91.8 Å². The van der Waals surface area contributed by atoms with E-state index in [0.717, 1.165) is 68.7 Å². The molecule has 0 radical (unpaired) electrons. The fraction of sp³-hybridized carbons (Fsp3) is 0.400. The number of carbonyl (C=O) groups excluding carboxylic acids is 3. The fourth-order valence-electron chi connectivity index (χ4n) is 11.5. The minimum absolute atomic E-state index is 0.0504. The molecular formula is C60H67FN8O6. The summed E-state index contributed by atoms with van der Waals surface area (Å²) in [6.07, 6.45) is 4.73. The summed E-state index contributed by atoms with van der Waals surface area (Å²) in [5, 5.41) is 20.3. The first-order valence-electron chi connectivity index (χ1n) is 26.4. The van der Waals surface area contributed by atoms with Crippen molar-refractivity contribution >= 4 is 29.1 Å². The maximum atomic E-state index is 15.8. The van der Waals surface area contributed by atoms with Crippen LogP contribution in [0.25, 0.3) is 11.3 Å². The van der Waals surface area contributed by atoms with E-state index >= 15 is 14.0 Å². The van der Waals surface area contributed by atoms with Crippen LogP contribution in [0.5, 0.6) is 11.5 Å². The highest BCUT2D eigenvalue weighted by Crippen LogP contribution is 2.39. The van der Waals surface area contributed by atoms with Crippen LogP contribution in [0.2, 0.25) is 0 Å². The molecule has 2 saturated heterocycles. The highest BCUT2D eigenvalue weighted by molar-refractivity contribution is 6.13. The number of benzene rings is 4. The van der Waals surface area contributed by atoms with Crippen LogP contribution in [-0.4, -0.2) is 123 Å². The van der Waals surface area contributed by atoms with Crippen molar-refractivity contribution in [1.82, 2.24) is 28.7 Å². The van der Waals surface area contributed by atoms with Crippen molar-refractivity contribution in [3.05, 3.63) is 153 Å². The van der Waals surface area contributed by atoms with E-state index in [4.69, 9.17) is 9.47 Å². The number of nitriles is 1. The van der Waals surface area contributed by atoms with Crippen LogP contribution in [0, 0.1) is 31.0 Å². The number of likely N-dealkylation sites (tertiary alicyclic amines) is 1. The van der Waals surface area contributed by atoms with Crippen LogP contribution < -0.4 is 9.64 Å². The van der Waals surface area contributed by atoms with Crippen LogP contribution in [0.3, 0.4) is 0 Å². The van der Waals surface area contributed by atoms with Crippen molar-refractivity contribution in [3.63, 3.8) is 0 Å². The number of hydrogen-bond donors (Lipinski definition) is 1. The van der Waals surface area contributed by atoms with Gasteiger partial charge in [0.05, 0.1) is 30.4 Å². The molecule has 14 nitrogen and oxygen atoms in total. The number of rotatable bonds is 13. The minimum atomic E-state index is -0.495. The molecule has 0 spiro atoms. The van der Waals surface area contributed by atoms with Gasteiger partial charge in [-0.1, -0.05) is 36.8 Å². The first kappa shape index (κ1) is 51.2. The Hall–Kier alpha value is -7.25. The van der Waals surface area contributed by atoms with Crippen molar-refractivity contribution in [2.24, 2.45) is 14.1 Å². The summed E-state index contributed by atoms with van der Waals surface area (Å²) in [5.41, 5.74) is 9.52. The van der Waals surface area contributed by atoms with Crippen molar-refractivity contribution in [2.75, 3.05) is 63.9 Å². The van der Waals surface area contributed by atoms with E-state index in [-0.39, 0.29) is 54.1 Å². The van der Waals surface area contributed by atoms with Gasteiger partial charge in [-0.05, 0) is 142 Å². The largest absolute Gasteiger partial charge is 0.508 e. The minimum Gasteiger partial charge on any atom is -0.508 e. The van der Waals surface area contributed by atoms with E-state index in [0.29, 0.717) is 95.9 Å². The van der Waals surface area contributed by atoms with Crippen LogP contribution in [-0.2, 0) is 56.0 Å². The topological polar surface area (TPSA) is 140 Å². The quantitative estimate of drug-likeness (QED) is 0.121. The van der Waals surface area contributed by atoms with Crippen molar-refractivity contribution in [2.45, 2.75) is 84.5 Å². The van der Waals surface area contributed by atoms with Crippen molar-refractivity contribution < 1.29 is 33.4 Å². The number of nitrogens with zero attached hydrogens (tertiary/aromatic N) is 8. The number of anilines is 2. The molecule has 1 N–H and O–H groups in total. The van der Waals surface area contributed by atoms with E-state index in [2.05, 4.69) is 40.1 Å². The molecule has 2 fully saturated rings. The predicted octanol–water partition coefficient (Wildman–Crippen LogP) is 8.62. The van der Waals surface area contributed by atoms with Gasteiger partial charge in [-0.15, -0.1) is 0 Å². The number of carbonyl (C=O) groups is 3. The Bertz CT molecular complexity index is 3170. The molecule has 3 amide bonds. The molecule has 0 bridgehead atoms. The molecule has 75 heavy (non-hydrogen) atoms. The maximum Gasteiger partial charge on any atom is 0.264 e. The smallest absolute Gasteiger partial charge is 0.264 e. The van der Waals surface area contributed by atoms with E-state index in [1.807, 2.05) is 55.5 Å². The lowest BCUT2D eigenvalue weighted by atomic mass is 9.89. The zero-order valence-electron chi connectivity index (χ0n) is 43.8. The molecule has 4 aliphatic rings. The van der Waals surface area contributed by atoms with Gasteiger partial charge in [0.15, 0.2) is 0 Å². The number of aromatic hydroxyl groups is 1. The second-order valence-electron chi connectivity index (χ2n) is 20.8. The summed E-state index contributed by atoms with van der Waals surface area (Å²) in [5.74, 6) is -0.709. The average Bonchev–Trinajstić information content (AvgIpc) is 3.89. The molecule has 6 aromatic rings. The molecule has 2 atom stereocenters. The van der Waals surface area contributed by atoms with E-state index < -0.39 is 5.82 Å². The van der Waals surface area contributed by atoms with Gasteiger partial charge in [0, 0.05) is 106 Å². The normalized spacial score (nSPS) is 18.0. The van der Waals surface area contributed by atoms with E-state index in [1.165, 1.54) is 30.2 Å². The number of morpholine rings is 1. The summed E-state index contributed by atoms with van der Waals surface area (Å²) < 4.78 is 30.9. The Morgan fingerprint density at radius 3 is 2.33 bits per heavy atom. The summed E-state index contributed by atoms with van der Waals surface area (Å²) in [6, 6.07) is 29.2. The van der Waals surface area contributed by atoms with Crippen LogP contribution in [0.4, 0.5) is 15.8 Å². The molecule has 6 heterocycles. The first-order chi connectivity index (χ1) is 36.2. The number of phenols is 1. The Labute approximate surface area is 439 Å². The lowest BCUT2D eigenvalue weighted by Gasteiger charge is -2.41. The number of phenolic OH excluding ortho intramolecular Hbond substituents is 1. The molecule has 4 aliphatic heterocycles. The van der Waals surface area contributed by atoms with Crippen molar-refractivity contribution in [1.29, 1.82) is 5.26 Å². The average molecular weight is 1020 g/mol. The van der Waals surface area contributed by atoms with Gasteiger partial charge >= 0.3 is 0 Å². The van der Waals surface area contributed by atoms with Gasteiger partial charge in [-0.2, -0.15) is 5.26 Å². The number of fused-ring (bicyclic) bond motifs is 2. The Morgan fingerprint density at radius 2 is 1.60 bits per heavy atom. The summed E-state index contributed by atoms with van der Waals surface area (Å²) in [6.45, 7) is 13.1. The monoisotopic (exact) mass is 1010 g/mol. The molecule has 390 valence electrons. The Morgan fingerprint density at radius 1 is 0.827 bits per heavy atom. The molecule has 0 aliphatic carbocycles. The van der Waals surface area contributed by atoms with Gasteiger partial charge in [-0.3, -0.25) is 24.2 Å². The van der Waals surface area contributed by atoms with Crippen molar-refractivity contribution in [3.8, 4) is 28.8 Å². The SMILES string of the molecule is Cc1c(N(C(=O)c2cc(-c3cc4c(cc3C(=O)N3Cc5ccccc5C[C@H]3CN3CCCCC3)CN(C(=O)Cc3ccc(OCCN5CCOC(C)C5)cc3F)CC4)n(C)c2C)c2ccc(O)cc2)cc(C#N)n1C. The van der Waals surface area contributed by atoms with Crippen LogP contribution in [0.15, 0.2) is 91.0 Å². The summed E-state index contributed by atoms with van der Waals surface area (Å²) >= 11 is 0. The lowest BCUT2D eigenvalue weighted by Crippen LogP contribution is -2.51. The molecular weight excluding hydrogens is 948 g/mol. The maximum absolute atomic E-state index is 15.8. The van der Waals surface area contributed by atoms with E-state index in [1.54, 1.807) is 51.7 Å². The number of aromatic nitrogens is 2. The highest BCUT2D eigenvalue weighted by atomic mass is 19.1. The lowest BCUT2D eigenvalue weighted by molar-refractivity contribution is -0.131. The number of hydrogen-bond acceptors (Lipinski definition) is 9. The summed E-state index contributed by atoms with van der Waals surface area (Å²) in [7, 11) is 3.69. The van der Waals surface area contributed by atoms with Gasteiger partial charge in [-0.25, -0.2) is 4.39 Å². The number of ether oxygens (including phenoxy) is 2. The Kier molecular flexibility index (Phi) is 15.0. The first-order valence-corrected chi connectivity index (χ1v) is 26.4. The third-order valence-corrected chi connectivity index (χ3v) is 16.1. The second-order valence-corrected chi connectivity index (χ2v) is 20.8. The third-order valence-electron chi connectivity index (χ3n) is 16.1. The standard InChI is InChI=1S/C60H67FN8O6/c1-39-35-66(23-25-74-39)24-26-75-51-18-13-44(55(61)32-51)30-58(71)67-22-19-43-28-53(54(29-46(43)36-67)59(72)68-37-45-12-8-7-11-42(45)27-49(68)38-65-20-9-6-10-21-65)57-33-52(40(2)64(57)5)60(73)69(47-14-16-50(70)17-15-47)56-31-48(34-62)63(4)41(56)3/h7-8,11-18,28-29,31-33,39,49,70H,6,9-10,19-27,30,35-38H2,1-5H3/t39?,49-/m0/s1. The van der Waals surface area contributed by atoms with Gasteiger partial charge in [0.2, 0.25) is 5.91 Å². The number of halogens is 1. The fourth-order valence-corrected chi connectivity index (χ4v) is 11.5. The highest BCUT2D eigenvalue weighted by Gasteiger charge is 2.36. The zero-order chi connectivity index (χ0) is 52.5. The van der Waals surface area contributed by atoms with Gasteiger partial charge < -0.3 is 38.4 Å². The molecule has 1 unspecified atom stereocenters. The molecule has 10 rings (SSSR count). The summed E-state index contributed by atoms with van der Waals surface area (Å²) in [4.78, 5) is 55.3. The Balaban J connectivity index is 0.984. The molecule has 15 heteroatoms. The molecule has 4 aromatic carbocycles. The van der Waals surface area contributed by atoms with E-state index in [9.17, 15) is 15.2 Å². The predicted molar refractivity (Wildman–Crippen MR) is 286 cm³/mol. The van der Waals surface area contributed by atoms with Gasteiger partial charge in [0.1, 0.15) is 35.7 Å². The number of piperidine rings is 1. The molecule has 2 aromatic heterocycles.